The van der Waals surface area contributed by atoms with Crippen molar-refractivity contribution in [3.8, 4) is 0 Å². The van der Waals surface area contributed by atoms with Gasteiger partial charge in [0, 0.05) is 5.56 Å². The molecule has 0 aliphatic heterocycles. The van der Waals surface area contributed by atoms with Crippen LogP contribution in [-0.4, -0.2) is 14.3 Å². The predicted octanol–water partition coefficient (Wildman–Crippen LogP) is 4.99. The van der Waals surface area contributed by atoms with Gasteiger partial charge in [-0.1, -0.05) is 55.0 Å². The average Bonchev–Trinajstić information content (AvgIpc) is 2.74. The number of hydrogen-bond acceptors (Lipinski definition) is 3. The number of carbonyl (C=O) groups is 1. The number of amides is 1. The molecule has 0 heterocycles. The zero-order chi connectivity index (χ0) is 21.7. The number of sulfonamides is 1. The molecule has 0 unspecified atom stereocenters. The van der Waals surface area contributed by atoms with Gasteiger partial charge in [0.2, 0.25) is 0 Å². The smallest absolute Gasteiger partial charge is 0.261 e. The van der Waals surface area contributed by atoms with Gasteiger partial charge in [0.05, 0.1) is 16.6 Å². The Bertz CT molecular complexity index is 1120. The summed E-state index contributed by atoms with van der Waals surface area (Å²) in [4.78, 5) is 12.9. The van der Waals surface area contributed by atoms with E-state index in [0.29, 0.717) is 16.8 Å². The lowest BCUT2D eigenvalue weighted by Crippen LogP contribution is -2.28. The first-order valence-electron chi connectivity index (χ1n) is 9.86. The highest BCUT2D eigenvalue weighted by atomic mass is 32.2. The van der Waals surface area contributed by atoms with Crippen LogP contribution < -0.4 is 10.0 Å². The Labute approximate surface area is 178 Å². The van der Waals surface area contributed by atoms with Crippen molar-refractivity contribution in [2.24, 2.45) is 0 Å². The molecule has 0 bridgehead atoms. The third-order valence-electron chi connectivity index (χ3n) is 4.98. The number of hydrogen-bond donors (Lipinski definition) is 2. The first-order valence-corrected chi connectivity index (χ1v) is 11.3. The molecule has 156 valence electrons. The monoisotopic (exact) mass is 422 g/mol. The SMILES string of the molecule is CC[C@H](NC(=O)c1ccc(NS(=O)(=O)c2ccc(C)cc2)c(C)c1)c1ccccc1. The lowest BCUT2D eigenvalue weighted by Gasteiger charge is -2.18. The van der Waals surface area contributed by atoms with Crippen LogP contribution in [0.2, 0.25) is 0 Å². The highest BCUT2D eigenvalue weighted by Crippen LogP contribution is 2.22. The summed E-state index contributed by atoms with van der Waals surface area (Å²) in [6.07, 6.45) is 0.767. The maximum Gasteiger partial charge on any atom is 0.261 e. The summed E-state index contributed by atoms with van der Waals surface area (Å²) in [5, 5.41) is 3.05. The Morgan fingerprint density at radius 1 is 0.933 bits per heavy atom. The Morgan fingerprint density at radius 3 is 2.20 bits per heavy atom. The molecule has 0 saturated carbocycles. The molecule has 1 atom stereocenters. The zero-order valence-electron chi connectivity index (χ0n) is 17.3. The fraction of sp³-hybridized carbons (Fsp3) is 0.208. The van der Waals surface area contributed by atoms with E-state index in [1.165, 1.54) is 0 Å². The van der Waals surface area contributed by atoms with Crippen LogP contribution in [0, 0.1) is 13.8 Å². The lowest BCUT2D eigenvalue weighted by molar-refractivity contribution is 0.0935. The molecule has 3 aromatic rings. The fourth-order valence-corrected chi connectivity index (χ4v) is 4.32. The van der Waals surface area contributed by atoms with E-state index in [9.17, 15) is 13.2 Å². The van der Waals surface area contributed by atoms with Crippen molar-refractivity contribution in [3.63, 3.8) is 0 Å². The van der Waals surface area contributed by atoms with Gasteiger partial charge in [-0.25, -0.2) is 8.42 Å². The van der Waals surface area contributed by atoms with Gasteiger partial charge >= 0.3 is 0 Å². The van der Waals surface area contributed by atoms with Crippen molar-refractivity contribution in [1.29, 1.82) is 0 Å². The van der Waals surface area contributed by atoms with E-state index in [4.69, 9.17) is 0 Å². The minimum atomic E-state index is -3.70. The Balaban J connectivity index is 1.76. The van der Waals surface area contributed by atoms with Crippen molar-refractivity contribution < 1.29 is 13.2 Å². The molecule has 0 spiro atoms. The zero-order valence-corrected chi connectivity index (χ0v) is 18.2. The van der Waals surface area contributed by atoms with Crippen LogP contribution in [0.1, 0.15) is 46.4 Å². The first kappa shape index (κ1) is 21.6. The number of aryl methyl sites for hydroxylation is 2. The number of nitrogens with one attached hydrogen (secondary N) is 2. The maximum atomic E-state index is 12.7. The molecule has 2 N–H and O–H groups in total. The van der Waals surface area contributed by atoms with Crippen LogP contribution in [0.25, 0.3) is 0 Å². The summed E-state index contributed by atoms with van der Waals surface area (Å²) in [6, 6.07) is 21.3. The van der Waals surface area contributed by atoms with Gasteiger partial charge in [-0.15, -0.1) is 0 Å². The van der Waals surface area contributed by atoms with Crippen LogP contribution in [-0.2, 0) is 10.0 Å². The summed E-state index contributed by atoms with van der Waals surface area (Å²) >= 11 is 0. The highest BCUT2D eigenvalue weighted by Gasteiger charge is 2.17. The van der Waals surface area contributed by atoms with Crippen molar-refractivity contribution in [3.05, 3.63) is 95.1 Å². The molecule has 0 aromatic heterocycles. The summed E-state index contributed by atoms with van der Waals surface area (Å²) in [6.45, 7) is 5.70. The van der Waals surface area contributed by atoms with Gasteiger partial charge in [-0.3, -0.25) is 9.52 Å². The quantitative estimate of drug-likeness (QED) is 0.563. The fourth-order valence-electron chi connectivity index (χ4n) is 3.19. The molecule has 0 aliphatic rings. The number of anilines is 1. The van der Waals surface area contributed by atoms with Crippen molar-refractivity contribution >= 4 is 21.6 Å². The predicted molar refractivity (Wildman–Crippen MR) is 120 cm³/mol. The summed E-state index contributed by atoms with van der Waals surface area (Å²) in [7, 11) is -3.70. The summed E-state index contributed by atoms with van der Waals surface area (Å²) in [5.74, 6) is -0.193. The minimum Gasteiger partial charge on any atom is -0.345 e. The van der Waals surface area contributed by atoms with E-state index >= 15 is 0 Å². The van der Waals surface area contributed by atoms with Gasteiger partial charge in [-0.2, -0.15) is 0 Å². The molecule has 30 heavy (non-hydrogen) atoms. The second-order valence-electron chi connectivity index (χ2n) is 7.29. The second-order valence-corrected chi connectivity index (χ2v) is 8.98. The van der Waals surface area contributed by atoms with E-state index in [-0.39, 0.29) is 16.8 Å². The molecule has 0 radical (unpaired) electrons. The molecule has 0 aliphatic carbocycles. The maximum absolute atomic E-state index is 12.7. The molecule has 0 fully saturated rings. The molecular weight excluding hydrogens is 396 g/mol. The second kappa shape index (κ2) is 9.13. The minimum absolute atomic E-state index is 0.0845. The van der Waals surface area contributed by atoms with E-state index in [2.05, 4.69) is 10.0 Å². The van der Waals surface area contributed by atoms with Crippen LogP contribution in [0.3, 0.4) is 0 Å². The lowest BCUT2D eigenvalue weighted by atomic mass is 10.0. The molecule has 5 nitrogen and oxygen atoms in total. The molecular formula is C24H26N2O3S. The molecule has 3 aromatic carbocycles. The largest absolute Gasteiger partial charge is 0.345 e. The Morgan fingerprint density at radius 2 is 1.60 bits per heavy atom. The normalized spacial score (nSPS) is 12.2. The third-order valence-corrected chi connectivity index (χ3v) is 6.36. The van der Waals surface area contributed by atoms with E-state index < -0.39 is 10.0 Å². The van der Waals surface area contributed by atoms with Gasteiger partial charge in [0.25, 0.3) is 15.9 Å². The topological polar surface area (TPSA) is 75.3 Å². The van der Waals surface area contributed by atoms with Crippen molar-refractivity contribution in [2.75, 3.05) is 4.72 Å². The van der Waals surface area contributed by atoms with E-state index in [1.54, 1.807) is 49.4 Å². The van der Waals surface area contributed by atoms with E-state index in [0.717, 1.165) is 17.5 Å². The number of rotatable bonds is 7. The third kappa shape index (κ3) is 5.07. The van der Waals surface area contributed by atoms with Crippen LogP contribution >= 0.6 is 0 Å². The molecule has 1 amide bonds. The van der Waals surface area contributed by atoms with Gasteiger partial charge in [-0.05, 0) is 61.7 Å². The van der Waals surface area contributed by atoms with Crippen molar-refractivity contribution in [1.82, 2.24) is 5.32 Å². The average molecular weight is 423 g/mol. The number of benzene rings is 3. The highest BCUT2D eigenvalue weighted by molar-refractivity contribution is 7.92. The Kier molecular flexibility index (Phi) is 6.57. The standard InChI is InChI=1S/C24H26N2O3S/c1-4-22(19-8-6-5-7-9-19)25-24(27)20-12-15-23(18(3)16-20)26-30(28,29)21-13-10-17(2)11-14-21/h5-16,22,26H,4H2,1-3H3,(H,25,27)/t22-/m0/s1. The van der Waals surface area contributed by atoms with Gasteiger partial charge < -0.3 is 5.32 Å². The molecule has 6 heteroatoms. The van der Waals surface area contributed by atoms with E-state index in [1.807, 2.05) is 44.2 Å². The molecule has 0 saturated heterocycles. The van der Waals surface area contributed by atoms with Crippen LogP contribution in [0.4, 0.5) is 5.69 Å². The van der Waals surface area contributed by atoms with Gasteiger partial charge in [0.1, 0.15) is 0 Å². The summed E-state index contributed by atoms with van der Waals surface area (Å²) < 4.78 is 27.9. The number of carbonyl (C=O) groups excluding carboxylic acids is 1. The Hall–Kier alpha value is -3.12. The molecule has 3 rings (SSSR count). The summed E-state index contributed by atoms with van der Waals surface area (Å²) in [5.41, 5.74) is 3.64. The van der Waals surface area contributed by atoms with Gasteiger partial charge in [0.15, 0.2) is 0 Å². The van der Waals surface area contributed by atoms with Crippen molar-refractivity contribution in [2.45, 2.75) is 38.1 Å². The first-order chi connectivity index (χ1) is 14.3. The van der Waals surface area contributed by atoms with Crippen LogP contribution in [0.5, 0.6) is 0 Å². The van der Waals surface area contributed by atoms with Crippen LogP contribution in [0.15, 0.2) is 77.7 Å².